The summed E-state index contributed by atoms with van der Waals surface area (Å²) in [5.74, 6) is 0.673. The minimum Gasteiger partial charge on any atom is -0.507 e. The molecule has 1 fully saturated rings. The number of piperazine rings is 1. The van der Waals surface area contributed by atoms with Gasteiger partial charge < -0.3 is 24.4 Å². The van der Waals surface area contributed by atoms with Crippen LogP contribution in [0.1, 0.15) is 20.7 Å². The minimum atomic E-state index is -0.230. The number of amides is 2. The fourth-order valence-corrected chi connectivity index (χ4v) is 3.09. The number of rotatable bonds is 4. The van der Waals surface area contributed by atoms with Crippen molar-refractivity contribution in [1.82, 2.24) is 9.80 Å². The molecule has 0 aliphatic carbocycles. The zero-order chi connectivity index (χ0) is 19.4. The first-order valence-corrected chi connectivity index (χ1v) is 8.63. The number of ether oxygens (including phenoxy) is 2. The predicted octanol–water partition coefficient (Wildman–Crippen LogP) is 2.01. The van der Waals surface area contributed by atoms with Gasteiger partial charge in [0, 0.05) is 31.7 Å². The van der Waals surface area contributed by atoms with Gasteiger partial charge in [-0.2, -0.15) is 0 Å². The average molecular weight is 370 g/mol. The van der Waals surface area contributed by atoms with Crippen LogP contribution in [-0.4, -0.2) is 67.1 Å². The molecule has 1 saturated heterocycles. The number of hydrogen-bond acceptors (Lipinski definition) is 5. The van der Waals surface area contributed by atoms with Crippen LogP contribution in [0.4, 0.5) is 0 Å². The van der Waals surface area contributed by atoms with Crippen LogP contribution in [0.2, 0.25) is 0 Å². The molecule has 0 spiro atoms. The van der Waals surface area contributed by atoms with Crippen LogP contribution in [0.5, 0.6) is 17.2 Å². The predicted molar refractivity (Wildman–Crippen MR) is 99.5 cm³/mol. The van der Waals surface area contributed by atoms with Crippen molar-refractivity contribution in [2.24, 2.45) is 0 Å². The van der Waals surface area contributed by atoms with E-state index in [1.54, 1.807) is 53.3 Å². The van der Waals surface area contributed by atoms with E-state index in [1.807, 2.05) is 0 Å². The van der Waals surface area contributed by atoms with E-state index in [-0.39, 0.29) is 23.1 Å². The SMILES string of the molecule is COc1ccc(C(=O)N2CCN(C(=O)c3ccccc3O)CC2)cc1OC. The van der Waals surface area contributed by atoms with Crippen molar-refractivity contribution in [1.29, 1.82) is 0 Å². The van der Waals surface area contributed by atoms with Crippen molar-refractivity contribution >= 4 is 11.8 Å². The third kappa shape index (κ3) is 3.81. The van der Waals surface area contributed by atoms with Crippen LogP contribution >= 0.6 is 0 Å². The number of phenolic OH excluding ortho intramolecular Hbond substituents is 1. The third-order valence-electron chi connectivity index (χ3n) is 4.62. The first kappa shape index (κ1) is 18.6. The number of phenols is 1. The van der Waals surface area contributed by atoms with E-state index in [9.17, 15) is 14.7 Å². The zero-order valence-electron chi connectivity index (χ0n) is 15.3. The second-order valence-corrected chi connectivity index (χ2v) is 6.17. The third-order valence-corrected chi connectivity index (χ3v) is 4.62. The smallest absolute Gasteiger partial charge is 0.257 e. The normalized spacial score (nSPS) is 14.0. The number of nitrogens with zero attached hydrogens (tertiary/aromatic N) is 2. The number of benzene rings is 2. The summed E-state index contributed by atoms with van der Waals surface area (Å²) in [5.41, 5.74) is 0.783. The van der Waals surface area contributed by atoms with Gasteiger partial charge in [0.05, 0.1) is 19.8 Å². The van der Waals surface area contributed by atoms with Crippen molar-refractivity contribution in [2.75, 3.05) is 40.4 Å². The number of aromatic hydroxyl groups is 1. The molecule has 2 amide bonds. The van der Waals surface area contributed by atoms with E-state index in [2.05, 4.69) is 0 Å². The van der Waals surface area contributed by atoms with Crippen molar-refractivity contribution in [3.8, 4) is 17.2 Å². The summed E-state index contributed by atoms with van der Waals surface area (Å²) in [6.07, 6.45) is 0. The van der Waals surface area contributed by atoms with E-state index in [0.29, 0.717) is 43.2 Å². The Hall–Kier alpha value is -3.22. The monoisotopic (exact) mass is 370 g/mol. The summed E-state index contributed by atoms with van der Waals surface area (Å²) in [6.45, 7) is 1.66. The van der Waals surface area contributed by atoms with Gasteiger partial charge in [-0.1, -0.05) is 12.1 Å². The van der Waals surface area contributed by atoms with E-state index in [4.69, 9.17) is 9.47 Å². The minimum absolute atomic E-state index is 0.0358. The fraction of sp³-hybridized carbons (Fsp3) is 0.300. The molecular formula is C20H22N2O5. The van der Waals surface area contributed by atoms with Gasteiger partial charge in [0.2, 0.25) is 0 Å². The maximum Gasteiger partial charge on any atom is 0.257 e. The summed E-state index contributed by atoms with van der Waals surface area (Å²) in [7, 11) is 3.07. The Balaban J connectivity index is 1.66. The van der Waals surface area contributed by atoms with Crippen LogP contribution in [0.3, 0.4) is 0 Å². The second kappa shape index (κ2) is 7.99. The van der Waals surface area contributed by atoms with Crippen LogP contribution in [0.15, 0.2) is 42.5 Å². The quantitative estimate of drug-likeness (QED) is 0.891. The molecule has 2 aromatic rings. The molecule has 1 N–H and O–H groups in total. The molecule has 27 heavy (non-hydrogen) atoms. The lowest BCUT2D eigenvalue weighted by molar-refractivity contribution is 0.0533. The molecule has 1 aliphatic rings. The second-order valence-electron chi connectivity index (χ2n) is 6.17. The summed E-state index contributed by atoms with van der Waals surface area (Å²) in [4.78, 5) is 28.7. The van der Waals surface area contributed by atoms with Gasteiger partial charge in [-0.3, -0.25) is 9.59 Å². The van der Waals surface area contributed by atoms with Crippen molar-refractivity contribution in [3.63, 3.8) is 0 Å². The average Bonchev–Trinajstić information content (AvgIpc) is 2.72. The van der Waals surface area contributed by atoms with Crippen molar-refractivity contribution in [3.05, 3.63) is 53.6 Å². The molecule has 0 atom stereocenters. The Morgan fingerprint density at radius 1 is 0.852 bits per heavy atom. The molecule has 7 heteroatoms. The van der Waals surface area contributed by atoms with E-state index in [1.165, 1.54) is 13.2 Å². The summed E-state index contributed by atoms with van der Waals surface area (Å²) in [5, 5.41) is 9.86. The Kier molecular flexibility index (Phi) is 5.49. The van der Waals surface area contributed by atoms with Gasteiger partial charge >= 0.3 is 0 Å². The molecule has 7 nitrogen and oxygen atoms in total. The largest absolute Gasteiger partial charge is 0.507 e. The van der Waals surface area contributed by atoms with Crippen LogP contribution in [0.25, 0.3) is 0 Å². The molecule has 0 radical (unpaired) electrons. The standard InChI is InChI=1S/C20H22N2O5/c1-26-17-8-7-14(13-18(17)27-2)19(24)21-9-11-22(12-10-21)20(25)15-5-3-4-6-16(15)23/h3-8,13,23H,9-12H2,1-2H3. The number of methoxy groups -OCH3 is 2. The van der Waals surface area contributed by atoms with Crippen LogP contribution in [-0.2, 0) is 0 Å². The van der Waals surface area contributed by atoms with Crippen molar-refractivity contribution in [2.45, 2.75) is 0 Å². The highest BCUT2D eigenvalue weighted by molar-refractivity contribution is 5.97. The highest BCUT2D eigenvalue weighted by atomic mass is 16.5. The molecule has 0 aromatic heterocycles. The van der Waals surface area contributed by atoms with Gasteiger partial charge in [0.15, 0.2) is 11.5 Å². The van der Waals surface area contributed by atoms with Gasteiger partial charge in [-0.05, 0) is 30.3 Å². The first-order valence-electron chi connectivity index (χ1n) is 8.63. The summed E-state index contributed by atoms with van der Waals surface area (Å²) in [6, 6.07) is 11.5. The van der Waals surface area contributed by atoms with E-state index < -0.39 is 0 Å². The molecule has 2 aromatic carbocycles. The summed E-state index contributed by atoms with van der Waals surface area (Å²) < 4.78 is 10.4. The van der Waals surface area contributed by atoms with Gasteiger partial charge in [0.1, 0.15) is 5.75 Å². The Morgan fingerprint density at radius 2 is 1.44 bits per heavy atom. The van der Waals surface area contributed by atoms with Crippen LogP contribution in [0, 0.1) is 0 Å². The van der Waals surface area contributed by atoms with Gasteiger partial charge in [-0.15, -0.1) is 0 Å². The molecule has 0 bridgehead atoms. The Labute approximate surface area is 157 Å². The number of carbonyl (C=O) groups excluding carboxylic acids is 2. The number of hydrogen-bond donors (Lipinski definition) is 1. The number of para-hydroxylation sites is 1. The lowest BCUT2D eigenvalue weighted by Gasteiger charge is -2.35. The highest BCUT2D eigenvalue weighted by Gasteiger charge is 2.27. The molecule has 0 saturated carbocycles. The zero-order valence-corrected chi connectivity index (χ0v) is 15.3. The lowest BCUT2D eigenvalue weighted by atomic mass is 10.1. The number of carbonyl (C=O) groups is 2. The highest BCUT2D eigenvalue weighted by Crippen LogP contribution is 2.28. The van der Waals surface area contributed by atoms with Gasteiger partial charge in [0.25, 0.3) is 11.8 Å². The molecule has 3 rings (SSSR count). The Morgan fingerprint density at radius 3 is 2.04 bits per heavy atom. The first-order chi connectivity index (χ1) is 13.0. The summed E-state index contributed by atoms with van der Waals surface area (Å²) >= 11 is 0. The Bertz CT molecular complexity index is 844. The lowest BCUT2D eigenvalue weighted by Crippen LogP contribution is -2.50. The topological polar surface area (TPSA) is 79.3 Å². The van der Waals surface area contributed by atoms with E-state index >= 15 is 0 Å². The molecule has 1 heterocycles. The van der Waals surface area contributed by atoms with Crippen LogP contribution < -0.4 is 9.47 Å². The molecule has 142 valence electrons. The fourth-order valence-electron chi connectivity index (χ4n) is 3.09. The van der Waals surface area contributed by atoms with E-state index in [0.717, 1.165) is 0 Å². The maximum atomic E-state index is 12.8. The van der Waals surface area contributed by atoms with Crippen molar-refractivity contribution < 1.29 is 24.2 Å². The maximum absolute atomic E-state index is 12.8. The molecule has 0 unspecified atom stereocenters. The van der Waals surface area contributed by atoms with Gasteiger partial charge in [-0.25, -0.2) is 0 Å². The molecule has 1 aliphatic heterocycles. The molecular weight excluding hydrogens is 348 g/mol.